The summed E-state index contributed by atoms with van der Waals surface area (Å²) in [7, 11) is 0. The van der Waals surface area contributed by atoms with Crippen LogP contribution >= 0.6 is 0 Å². The second kappa shape index (κ2) is 4.43. The van der Waals surface area contributed by atoms with E-state index in [0.717, 1.165) is 5.56 Å². The van der Waals surface area contributed by atoms with E-state index < -0.39 is 29.5 Å². The molecule has 22 heavy (non-hydrogen) atoms. The van der Waals surface area contributed by atoms with E-state index in [4.69, 9.17) is 4.74 Å². The summed E-state index contributed by atoms with van der Waals surface area (Å²) in [5.74, 6) is -2.45. The molecule has 2 bridgehead atoms. The predicted molar refractivity (Wildman–Crippen MR) is 77.9 cm³/mol. The third-order valence-corrected chi connectivity index (χ3v) is 5.16. The number of nitrogens with zero attached hydrogens (tertiary/aromatic N) is 1. The number of ether oxygens (including phenoxy) is 1. The van der Waals surface area contributed by atoms with Gasteiger partial charge in [-0.3, -0.25) is 9.59 Å². The van der Waals surface area contributed by atoms with Gasteiger partial charge in [-0.25, -0.2) is 0 Å². The molecule has 4 rings (SSSR count). The smallest absolute Gasteiger partial charge is 0.310 e. The van der Waals surface area contributed by atoms with Crippen LogP contribution in [0.5, 0.6) is 0 Å². The van der Waals surface area contributed by atoms with Crippen molar-refractivity contribution in [3.8, 4) is 0 Å². The third kappa shape index (κ3) is 1.63. The number of likely N-dealkylation sites (tertiary alicyclic amines) is 1. The first-order valence-corrected chi connectivity index (χ1v) is 7.49. The molecule has 1 spiro atoms. The average molecular weight is 299 g/mol. The molecule has 1 aromatic carbocycles. The van der Waals surface area contributed by atoms with Crippen LogP contribution in [0.2, 0.25) is 0 Å². The van der Waals surface area contributed by atoms with Gasteiger partial charge < -0.3 is 14.7 Å². The highest BCUT2D eigenvalue weighted by atomic mass is 16.5. The molecular weight excluding hydrogens is 282 g/mol. The minimum Gasteiger partial charge on any atom is -0.481 e. The summed E-state index contributed by atoms with van der Waals surface area (Å²) in [6.07, 6.45) is 3.21. The third-order valence-electron chi connectivity index (χ3n) is 5.16. The lowest BCUT2D eigenvalue weighted by Gasteiger charge is -2.27. The Hall–Kier alpha value is -2.14. The van der Waals surface area contributed by atoms with Crippen molar-refractivity contribution in [2.24, 2.45) is 11.8 Å². The summed E-state index contributed by atoms with van der Waals surface area (Å²) >= 11 is 0. The molecule has 5 heteroatoms. The van der Waals surface area contributed by atoms with Gasteiger partial charge in [0.05, 0.1) is 24.6 Å². The number of carbonyl (C=O) groups excluding carboxylic acids is 1. The number of carboxylic acids is 1. The number of carbonyl (C=O) groups is 2. The van der Waals surface area contributed by atoms with Crippen LogP contribution in [0.1, 0.15) is 18.5 Å². The van der Waals surface area contributed by atoms with E-state index in [1.807, 2.05) is 43.3 Å². The molecule has 0 aliphatic carbocycles. The summed E-state index contributed by atoms with van der Waals surface area (Å²) in [6.45, 7) is 2.39. The highest BCUT2D eigenvalue weighted by Gasteiger charge is 2.67. The second-order valence-electron chi connectivity index (χ2n) is 6.29. The number of rotatable bonds is 3. The molecule has 5 atom stereocenters. The van der Waals surface area contributed by atoms with Crippen LogP contribution in [-0.2, 0) is 14.3 Å². The van der Waals surface area contributed by atoms with Crippen molar-refractivity contribution < 1.29 is 19.4 Å². The molecule has 0 aromatic heterocycles. The fourth-order valence-corrected chi connectivity index (χ4v) is 4.05. The van der Waals surface area contributed by atoms with Gasteiger partial charge in [-0.15, -0.1) is 0 Å². The Morgan fingerprint density at radius 1 is 1.41 bits per heavy atom. The summed E-state index contributed by atoms with van der Waals surface area (Å²) in [6, 6.07) is 9.67. The molecule has 2 saturated heterocycles. The van der Waals surface area contributed by atoms with Gasteiger partial charge in [-0.05, 0) is 12.5 Å². The second-order valence-corrected chi connectivity index (χ2v) is 6.29. The van der Waals surface area contributed by atoms with Crippen molar-refractivity contribution >= 4 is 11.9 Å². The maximum atomic E-state index is 12.8. The molecule has 3 aliphatic heterocycles. The Kier molecular flexibility index (Phi) is 2.72. The average Bonchev–Trinajstić information content (AvgIpc) is 3.15. The Morgan fingerprint density at radius 2 is 2.14 bits per heavy atom. The molecule has 2 fully saturated rings. The lowest BCUT2D eigenvalue weighted by atomic mass is 9.77. The Balaban J connectivity index is 1.68. The minimum absolute atomic E-state index is 0.0980. The number of benzene rings is 1. The van der Waals surface area contributed by atoms with Crippen LogP contribution in [0.25, 0.3) is 0 Å². The summed E-state index contributed by atoms with van der Waals surface area (Å²) in [5.41, 5.74) is 0.283. The molecule has 114 valence electrons. The molecule has 0 unspecified atom stereocenters. The SMILES string of the molecule is C[C@@H](c1ccccc1)N1C[C@@]23C=C[C@H](O2)[C@@H](C(=O)O)[C@H]3C1=O. The fourth-order valence-electron chi connectivity index (χ4n) is 4.05. The molecule has 1 amide bonds. The van der Waals surface area contributed by atoms with Gasteiger partial charge >= 0.3 is 5.97 Å². The van der Waals surface area contributed by atoms with E-state index in [9.17, 15) is 14.7 Å². The largest absolute Gasteiger partial charge is 0.481 e. The molecule has 1 N–H and O–H groups in total. The fraction of sp³-hybridized carbons (Fsp3) is 0.412. The highest BCUT2D eigenvalue weighted by molar-refractivity contribution is 5.91. The van der Waals surface area contributed by atoms with Crippen LogP contribution < -0.4 is 0 Å². The van der Waals surface area contributed by atoms with Gasteiger partial charge in [0, 0.05) is 0 Å². The molecule has 1 aromatic rings. The summed E-state index contributed by atoms with van der Waals surface area (Å²) < 4.78 is 5.89. The van der Waals surface area contributed by atoms with E-state index in [0.29, 0.717) is 6.54 Å². The summed E-state index contributed by atoms with van der Waals surface area (Å²) in [5, 5.41) is 9.45. The maximum Gasteiger partial charge on any atom is 0.310 e. The van der Waals surface area contributed by atoms with E-state index >= 15 is 0 Å². The van der Waals surface area contributed by atoms with Gasteiger partial charge in [0.2, 0.25) is 5.91 Å². The van der Waals surface area contributed by atoms with Gasteiger partial charge in [-0.1, -0.05) is 42.5 Å². The van der Waals surface area contributed by atoms with Gasteiger partial charge in [0.15, 0.2) is 0 Å². The van der Waals surface area contributed by atoms with Crippen LogP contribution in [0.3, 0.4) is 0 Å². The topological polar surface area (TPSA) is 66.8 Å². The van der Waals surface area contributed by atoms with Crippen molar-refractivity contribution in [2.45, 2.75) is 24.7 Å². The van der Waals surface area contributed by atoms with Crippen LogP contribution in [0.4, 0.5) is 0 Å². The number of fused-ring (bicyclic) bond motifs is 1. The molecular formula is C17H17NO4. The van der Waals surface area contributed by atoms with Crippen molar-refractivity contribution in [3.05, 3.63) is 48.0 Å². The van der Waals surface area contributed by atoms with Crippen molar-refractivity contribution in [3.63, 3.8) is 0 Å². The Morgan fingerprint density at radius 3 is 2.82 bits per heavy atom. The summed E-state index contributed by atoms with van der Waals surface area (Å²) in [4.78, 5) is 26.1. The number of hydrogen-bond acceptors (Lipinski definition) is 3. The van der Waals surface area contributed by atoms with E-state index in [1.54, 1.807) is 11.0 Å². The first-order chi connectivity index (χ1) is 10.5. The Bertz CT molecular complexity index is 670. The maximum absolute atomic E-state index is 12.8. The van der Waals surface area contributed by atoms with E-state index in [2.05, 4.69) is 0 Å². The van der Waals surface area contributed by atoms with Gasteiger partial charge in [-0.2, -0.15) is 0 Å². The predicted octanol–water partition coefficient (Wildman–Crippen LogP) is 1.61. The molecule has 3 aliphatic rings. The van der Waals surface area contributed by atoms with Crippen molar-refractivity contribution in [1.29, 1.82) is 0 Å². The number of carboxylic acid groups (broad SMARTS) is 1. The molecule has 3 heterocycles. The molecule has 5 nitrogen and oxygen atoms in total. The monoisotopic (exact) mass is 299 g/mol. The van der Waals surface area contributed by atoms with Gasteiger partial charge in [0.1, 0.15) is 11.5 Å². The zero-order valence-electron chi connectivity index (χ0n) is 12.2. The van der Waals surface area contributed by atoms with Crippen molar-refractivity contribution in [2.75, 3.05) is 6.54 Å². The molecule has 0 saturated carbocycles. The first-order valence-electron chi connectivity index (χ1n) is 7.49. The lowest BCUT2D eigenvalue weighted by molar-refractivity contribution is -0.148. The zero-order chi connectivity index (χ0) is 15.5. The van der Waals surface area contributed by atoms with E-state index in [-0.39, 0.29) is 11.9 Å². The van der Waals surface area contributed by atoms with Gasteiger partial charge in [0.25, 0.3) is 0 Å². The van der Waals surface area contributed by atoms with Crippen molar-refractivity contribution in [1.82, 2.24) is 4.90 Å². The minimum atomic E-state index is -0.955. The lowest BCUT2D eigenvalue weighted by Crippen LogP contribution is -2.39. The number of hydrogen-bond donors (Lipinski definition) is 1. The Labute approximate surface area is 128 Å². The van der Waals surface area contributed by atoms with E-state index in [1.165, 1.54) is 0 Å². The zero-order valence-corrected chi connectivity index (χ0v) is 12.2. The van der Waals surface area contributed by atoms with Crippen LogP contribution in [0, 0.1) is 11.8 Å². The quantitative estimate of drug-likeness (QED) is 0.861. The first kappa shape index (κ1) is 13.5. The van der Waals surface area contributed by atoms with Crippen LogP contribution in [0.15, 0.2) is 42.5 Å². The standard InChI is InChI=1S/C17H17NO4/c1-10(11-5-3-2-4-6-11)18-9-17-8-7-12(22-17)13(16(20)21)14(17)15(18)19/h2-8,10,12-14H,9H2,1H3,(H,20,21)/t10-,12-,13+,14-,17+/m0/s1. The number of amides is 1. The normalized spacial score (nSPS) is 36.7. The number of aliphatic carboxylic acids is 1. The molecule has 0 radical (unpaired) electrons. The van der Waals surface area contributed by atoms with Crippen LogP contribution in [-0.4, -0.2) is 40.1 Å². The highest BCUT2D eigenvalue weighted by Crippen LogP contribution is 2.53.